The Kier molecular flexibility index (Phi) is 4.99. The zero-order valence-corrected chi connectivity index (χ0v) is 13.7. The van der Waals surface area contributed by atoms with Gasteiger partial charge < -0.3 is 5.32 Å². The van der Waals surface area contributed by atoms with E-state index in [-0.39, 0.29) is 24.0 Å². The molecule has 1 N–H and O–H groups in total. The molecular formula is C14H18IN5. The van der Waals surface area contributed by atoms with Gasteiger partial charge in [-0.25, -0.2) is 0 Å². The Hall–Kier alpha value is -1.57. The SMILES string of the molecule is Cn1ccc(N2CCN=C2NCc2ccccc2)n1.I. The lowest BCUT2D eigenvalue weighted by atomic mass is 10.2. The normalized spacial score (nSPS) is 13.8. The van der Waals surface area contributed by atoms with Crippen LogP contribution in [0.3, 0.4) is 0 Å². The number of benzene rings is 1. The summed E-state index contributed by atoms with van der Waals surface area (Å²) in [5, 5.41) is 7.80. The van der Waals surface area contributed by atoms with E-state index in [1.54, 1.807) is 0 Å². The van der Waals surface area contributed by atoms with Gasteiger partial charge in [0.1, 0.15) is 0 Å². The Morgan fingerprint density at radius 3 is 2.70 bits per heavy atom. The second-order valence-corrected chi connectivity index (χ2v) is 4.54. The summed E-state index contributed by atoms with van der Waals surface area (Å²) in [4.78, 5) is 6.61. The number of guanidine groups is 1. The van der Waals surface area contributed by atoms with Crippen molar-refractivity contribution in [1.82, 2.24) is 15.1 Å². The number of halogens is 1. The van der Waals surface area contributed by atoms with Gasteiger partial charge in [0.15, 0.2) is 11.8 Å². The van der Waals surface area contributed by atoms with Gasteiger partial charge >= 0.3 is 0 Å². The lowest BCUT2D eigenvalue weighted by Gasteiger charge is -2.18. The monoisotopic (exact) mass is 383 g/mol. The minimum Gasteiger partial charge on any atom is -0.352 e. The number of nitrogens with one attached hydrogen (secondary N) is 1. The second-order valence-electron chi connectivity index (χ2n) is 4.54. The van der Waals surface area contributed by atoms with Crippen molar-refractivity contribution in [2.75, 3.05) is 18.0 Å². The topological polar surface area (TPSA) is 45.5 Å². The molecule has 0 atom stereocenters. The zero-order chi connectivity index (χ0) is 13.1. The number of hydrogen-bond acceptors (Lipinski definition) is 4. The molecule has 1 aliphatic heterocycles. The highest BCUT2D eigenvalue weighted by Gasteiger charge is 2.20. The van der Waals surface area contributed by atoms with Gasteiger partial charge in [-0.15, -0.1) is 24.0 Å². The van der Waals surface area contributed by atoms with Crippen LogP contribution in [0.15, 0.2) is 47.6 Å². The van der Waals surface area contributed by atoms with Crippen molar-refractivity contribution >= 4 is 35.8 Å². The van der Waals surface area contributed by atoms with Crippen LogP contribution in [0.1, 0.15) is 5.56 Å². The minimum atomic E-state index is 0. The van der Waals surface area contributed by atoms with E-state index in [2.05, 4.69) is 32.4 Å². The van der Waals surface area contributed by atoms with Crippen LogP contribution in [0.4, 0.5) is 5.82 Å². The number of hydrogen-bond donors (Lipinski definition) is 1. The maximum atomic E-state index is 4.50. The van der Waals surface area contributed by atoms with Crippen LogP contribution in [0.25, 0.3) is 0 Å². The third kappa shape index (κ3) is 3.30. The highest BCUT2D eigenvalue weighted by atomic mass is 127. The van der Waals surface area contributed by atoms with Crippen molar-refractivity contribution in [3.05, 3.63) is 48.2 Å². The second kappa shape index (κ2) is 6.74. The van der Waals surface area contributed by atoms with E-state index >= 15 is 0 Å². The van der Waals surface area contributed by atoms with E-state index in [0.717, 1.165) is 31.4 Å². The summed E-state index contributed by atoms with van der Waals surface area (Å²) in [7, 11) is 1.92. The highest BCUT2D eigenvalue weighted by molar-refractivity contribution is 14.0. The summed E-state index contributed by atoms with van der Waals surface area (Å²) in [6.45, 7) is 2.48. The summed E-state index contributed by atoms with van der Waals surface area (Å²) in [5.74, 6) is 1.85. The predicted molar refractivity (Wildman–Crippen MR) is 91.6 cm³/mol. The maximum absolute atomic E-state index is 4.50. The molecule has 2 heterocycles. The molecule has 0 amide bonds. The molecule has 2 aromatic rings. The zero-order valence-electron chi connectivity index (χ0n) is 11.4. The Morgan fingerprint density at radius 1 is 1.20 bits per heavy atom. The number of rotatable bonds is 3. The molecule has 106 valence electrons. The van der Waals surface area contributed by atoms with Crippen molar-refractivity contribution in [2.24, 2.45) is 12.0 Å². The first-order valence-corrected chi connectivity index (χ1v) is 6.42. The van der Waals surface area contributed by atoms with E-state index in [0.29, 0.717) is 0 Å². The maximum Gasteiger partial charge on any atom is 0.200 e. The first-order chi connectivity index (χ1) is 9.33. The van der Waals surface area contributed by atoms with Crippen LogP contribution in [0.2, 0.25) is 0 Å². The Labute approximate surface area is 135 Å². The van der Waals surface area contributed by atoms with Crippen molar-refractivity contribution in [2.45, 2.75) is 6.54 Å². The van der Waals surface area contributed by atoms with Crippen LogP contribution >= 0.6 is 24.0 Å². The van der Waals surface area contributed by atoms with Crippen LogP contribution in [-0.2, 0) is 13.6 Å². The smallest absolute Gasteiger partial charge is 0.200 e. The van der Waals surface area contributed by atoms with Crippen LogP contribution in [0, 0.1) is 0 Å². The van der Waals surface area contributed by atoms with E-state index in [9.17, 15) is 0 Å². The molecule has 1 aromatic carbocycles. The van der Waals surface area contributed by atoms with Gasteiger partial charge in [0.25, 0.3) is 0 Å². The van der Waals surface area contributed by atoms with Gasteiger partial charge in [0.2, 0.25) is 0 Å². The first-order valence-electron chi connectivity index (χ1n) is 6.42. The van der Waals surface area contributed by atoms with E-state index < -0.39 is 0 Å². The largest absolute Gasteiger partial charge is 0.352 e. The quantitative estimate of drug-likeness (QED) is 0.825. The summed E-state index contributed by atoms with van der Waals surface area (Å²) in [5.41, 5.74) is 1.25. The van der Waals surface area contributed by atoms with Crippen LogP contribution < -0.4 is 10.2 Å². The fourth-order valence-electron chi connectivity index (χ4n) is 2.15. The fraction of sp³-hybridized carbons (Fsp3) is 0.286. The number of anilines is 1. The Balaban J connectivity index is 0.00000147. The lowest BCUT2D eigenvalue weighted by molar-refractivity contribution is 0.761. The van der Waals surface area contributed by atoms with Crippen molar-refractivity contribution in [1.29, 1.82) is 0 Å². The minimum absolute atomic E-state index is 0. The van der Waals surface area contributed by atoms with E-state index in [1.807, 2.05) is 42.2 Å². The van der Waals surface area contributed by atoms with Gasteiger partial charge in [-0.3, -0.25) is 14.6 Å². The molecular weight excluding hydrogens is 365 g/mol. The van der Waals surface area contributed by atoms with Gasteiger partial charge in [0.05, 0.1) is 6.54 Å². The third-order valence-corrected chi connectivity index (χ3v) is 3.11. The average molecular weight is 383 g/mol. The predicted octanol–water partition coefficient (Wildman–Crippen LogP) is 2.00. The summed E-state index contributed by atoms with van der Waals surface area (Å²) < 4.78 is 1.81. The van der Waals surface area contributed by atoms with Crippen LogP contribution in [0.5, 0.6) is 0 Å². The molecule has 1 aliphatic rings. The van der Waals surface area contributed by atoms with E-state index in [1.165, 1.54) is 5.56 Å². The lowest BCUT2D eigenvalue weighted by Crippen LogP contribution is -2.38. The molecule has 5 nitrogen and oxygen atoms in total. The average Bonchev–Trinajstić information content (AvgIpc) is 3.06. The number of aliphatic imine (C=N–C) groups is 1. The highest BCUT2D eigenvalue weighted by Crippen LogP contribution is 2.13. The van der Waals surface area contributed by atoms with Gasteiger partial charge in [0, 0.05) is 32.4 Å². The molecule has 6 heteroatoms. The van der Waals surface area contributed by atoms with Crippen molar-refractivity contribution < 1.29 is 0 Å². The Morgan fingerprint density at radius 2 is 2.00 bits per heavy atom. The molecule has 3 rings (SSSR count). The Bertz CT molecular complexity index is 578. The molecule has 0 radical (unpaired) electrons. The van der Waals surface area contributed by atoms with Crippen molar-refractivity contribution in [3.63, 3.8) is 0 Å². The third-order valence-electron chi connectivity index (χ3n) is 3.11. The van der Waals surface area contributed by atoms with E-state index in [4.69, 9.17) is 0 Å². The van der Waals surface area contributed by atoms with Crippen LogP contribution in [-0.4, -0.2) is 28.8 Å². The van der Waals surface area contributed by atoms with Gasteiger partial charge in [-0.1, -0.05) is 30.3 Å². The molecule has 1 aromatic heterocycles. The molecule has 0 saturated carbocycles. The molecule has 20 heavy (non-hydrogen) atoms. The molecule has 0 unspecified atom stereocenters. The van der Waals surface area contributed by atoms with Crippen molar-refractivity contribution in [3.8, 4) is 0 Å². The summed E-state index contributed by atoms with van der Waals surface area (Å²) in [6.07, 6.45) is 1.95. The molecule has 0 aliphatic carbocycles. The molecule has 0 bridgehead atoms. The molecule has 0 spiro atoms. The standard InChI is InChI=1S/C14H17N5.HI/c1-18-9-7-13(17-18)19-10-8-15-14(19)16-11-12-5-3-2-4-6-12;/h2-7,9H,8,10-11H2,1H3,(H,15,16);1H. The number of aryl methyl sites for hydroxylation is 1. The summed E-state index contributed by atoms with van der Waals surface area (Å²) >= 11 is 0. The first kappa shape index (κ1) is 14.8. The summed E-state index contributed by atoms with van der Waals surface area (Å²) in [6, 6.07) is 12.3. The van der Waals surface area contributed by atoms with Gasteiger partial charge in [-0.2, -0.15) is 5.10 Å². The number of nitrogens with zero attached hydrogens (tertiary/aromatic N) is 4. The molecule has 0 fully saturated rings. The fourth-order valence-corrected chi connectivity index (χ4v) is 2.15. The van der Waals surface area contributed by atoms with Gasteiger partial charge in [-0.05, 0) is 5.56 Å². The molecule has 0 saturated heterocycles. The number of aromatic nitrogens is 2.